The third-order valence-corrected chi connectivity index (χ3v) is 2.03. The molecule has 0 aliphatic heterocycles. The molecule has 0 amide bonds. The lowest BCUT2D eigenvalue weighted by Crippen LogP contribution is -2.28. The number of aliphatic hydroxyl groups is 1. The van der Waals surface area contributed by atoms with Crippen LogP contribution in [0.2, 0.25) is 0 Å². The van der Waals surface area contributed by atoms with E-state index in [1.807, 2.05) is 20.0 Å². The van der Waals surface area contributed by atoms with Gasteiger partial charge in [-0.05, 0) is 19.5 Å². The van der Waals surface area contributed by atoms with E-state index in [1.165, 1.54) is 0 Å². The Hall–Kier alpha value is -0.800. The van der Waals surface area contributed by atoms with Crippen LogP contribution in [0.5, 0.6) is 0 Å². The summed E-state index contributed by atoms with van der Waals surface area (Å²) < 4.78 is 4.96. The number of aliphatic hydroxyl groups excluding tert-OH is 1. The van der Waals surface area contributed by atoms with E-state index in [-0.39, 0.29) is 6.10 Å². The van der Waals surface area contributed by atoms with Crippen molar-refractivity contribution in [2.75, 3.05) is 13.6 Å². The van der Waals surface area contributed by atoms with Gasteiger partial charge in [0.15, 0.2) is 0 Å². The summed E-state index contributed by atoms with van der Waals surface area (Å²) in [6.07, 6.45) is 3.97. The summed E-state index contributed by atoms with van der Waals surface area (Å²) in [5.41, 5.74) is 1.14. The maximum atomic E-state index is 9.39. The minimum absolute atomic E-state index is 0.225. The molecule has 3 heteroatoms. The van der Waals surface area contributed by atoms with Gasteiger partial charge in [0, 0.05) is 18.7 Å². The van der Waals surface area contributed by atoms with Gasteiger partial charge in [0.1, 0.15) is 0 Å². The molecule has 3 nitrogen and oxygen atoms in total. The summed E-state index contributed by atoms with van der Waals surface area (Å²) in [6.45, 7) is 3.52. The summed E-state index contributed by atoms with van der Waals surface area (Å²) in [5.74, 6) is 0. The predicted molar refractivity (Wildman–Crippen MR) is 51.3 cm³/mol. The Morgan fingerprint density at radius 1 is 1.62 bits per heavy atom. The average Bonchev–Trinajstić information content (AvgIpc) is 2.56. The van der Waals surface area contributed by atoms with E-state index in [2.05, 4.69) is 4.90 Å². The third-order valence-electron chi connectivity index (χ3n) is 2.03. The fourth-order valence-electron chi connectivity index (χ4n) is 1.25. The van der Waals surface area contributed by atoms with Crippen LogP contribution < -0.4 is 0 Å². The fourth-order valence-corrected chi connectivity index (χ4v) is 1.25. The lowest BCUT2D eigenvalue weighted by atomic mass is 10.2. The van der Waals surface area contributed by atoms with Gasteiger partial charge in [-0.3, -0.25) is 4.90 Å². The molecule has 1 atom stereocenters. The first-order chi connectivity index (χ1) is 6.22. The first-order valence-corrected chi connectivity index (χ1v) is 4.60. The van der Waals surface area contributed by atoms with Crippen molar-refractivity contribution in [2.24, 2.45) is 0 Å². The van der Waals surface area contributed by atoms with Crippen LogP contribution in [0.1, 0.15) is 18.9 Å². The molecule has 1 rings (SSSR count). The van der Waals surface area contributed by atoms with Crippen LogP contribution >= 0.6 is 0 Å². The molecule has 1 unspecified atom stereocenters. The van der Waals surface area contributed by atoms with E-state index in [9.17, 15) is 5.11 Å². The highest BCUT2D eigenvalue weighted by Crippen LogP contribution is 2.04. The van der Waals surface area contributed by atoms with Crippen molar-refractivity contribution in [3.63, 3.8) is 0 Å². The molecule has 0 radical (unpaired) electrons. The summed E-state index contributed by atoms with van der Waals surface area (Å²) >= 11 is 0. The number of nitrogens with zero attached hydrogens (tertiary/aromatic N) is 1. The van der Waals surface area contributed by atoms with Crippen LogP contribution in [0, 0.1) is 0 Å². The van der Waals surface area contributed by atoms with Crippen molar-refractivity contribution in [1.29, 1.82) is 0 Å². The first kappa shape index (κ1) is 10.3. The largest absolute Gasteiger partial charge is 0.472 e. The zero-order valence-corrected chi connectivity index (χ0v) is 8.23. The van der Waals surface area contributed by atoms with Gasteiger partial charge in [-0.2, -0.15) is 0 Å². The molecule has 0 saturated carbocycles. The number of hydrogen-bond acceptors (Lipinski definition) is 3. The Balaban J connectivity index is 2.29. The maximum Gasteiger partial charge on any atom is 0.0947 e. The highest BCUT2D eigenvalue weighted by Gasteiger charge is 2.06. The van der Waals surface area contributed by atoms with Gasteiger partial charge in [-0.1, -0.05) is 6.92 Å². The van der Waals surface area contributed by atoms with Crippen molar-refractivity contribution in [1.82, 2.24) is 4.90 Å². The molecular weight excluding hydrogens is 166 g/mol. The van der Waals surface area contributed by atoms with Gasteiger partial charge in [-0.15, -0.1) is 0 Å². The Labute approximate surface area is 79.0 Å². The molecule has 0 aliphatic carbocycles. The van der Waals surface area contributed by atoms with E-state index in [4.69, 9.17) is 4.42 Å². The lowest BCUT2D eigenvalue weighted by molar-refractivity contribution is 0.119. The van der Waals surface area contributed by atoms with Gasteiger partial charge < -0.3 is 9.52 Å². The maximum absolute atomic E-state index is 9.39. The van der Waals surface area contributed by atoms with Crippen LogP contribution in [-0.4, -0.2) is 29.7 Å². The average molecular weight is 183 g/mol. The summed E-state index contributed by atoms with van der Waals surface area (Å²) in [5, 5.41) is 9.39. The second-order valence-corrected chi connectivity index (χ2v) is 3.39. The molecule has 0 spiro atoms. The molecule has 1 aromatic rings. The molecule has 0 saturated heterocycles. The molecule has 0 bridgehead atoms. The van der Waals surface area contributed by atoms with Crippen molar-refractivity contribution >= 4 is 0 Å². The van der Waals surface area contributed by atoms with Crippen LogP contribution in [0.4, 0.5) is 0 Å². The third kappa shape index (κ3) is 3.61. The molecule has 0 fully saturated rings. The van der Waals surface area contributed by atoms with Crippen molar-refractivity contribution in [2.45, 2.75) is 26.0 Å². The Morgan fingerprint density at radius 3 is 2.92 bits per heavy atom. The molecule has 74 valence electrons. The van der Waals surface area contributed by atoms with Crippen LogP contribution in [0.25, 0.3) is 0 Å². The Kier molecular flexibility index (Phi) is 3.99. The molecule has 1 N–H and O–H groups in total. The smallest absolute Gasteiger partial charge is 0.0947 e. The first-order valence-electron chi connectivity index (χ1n) is 4.60. The molecule has 1 heterocycles. The highest BCUT2D eigenvalue weighted by atomic mass is 16.3. The molecule has 1 aromatic heterocycles. The van der Waals surface area contributed by atoms with Crippen LogP contribution in [0.15, 0.2) is 23.0 Å². The van der Waals surface area contributed by atoms with Crippen molar-refractivity contribution in [3.8, 4) is 0 Å². The van der Waals surface area contributed by atoms with Crippen LogP contribution in [-0.2, 0) is 6.54 Å². The normalized spacial score (nSPS) is 13.5. The van der Waals surface area contributed by atoms with Gasteiger partial charge in [0.2, 0.25) is 0 Å². The SMILES string of the molecule is CCC(O)CN(C)Cc1ccoc1. The summed E-state index contributed by atoms with van der Waals surface area (Å²) in [4.78, 5) is 2.08. The molecule has 0 aliphatic rings. The summed E-state index contributed by atoms with van der Waals surface area (Å²) in [6, 6.07) is 1.94. The second-order valence-electron chi connectivity index (χ2n) is 3.39. The quantitative estimate of drug-likeness (QED) is 0.751. The minimum Gasteiger partial charge on any atom is -0.472 e. The highest BCUT2D eigenvalue weighted by molar-refractivity contribution is 5.04. The topological polar surface area (TPSA) is 36.6 Å². The van der Waals surface area contributed by atoms with Gasteiger partial charge in [0.05, 0.1) is 18.6 Å². The standard InChI is InChI=1S/C10H17NO2/c1-3-10(12)7-11(2)6-9-4-5-13-8-9/h4-5,8,10,12H,3,6-7H2,1-2H3. The molecular formula is C10H17NO2. The van der Waals surface area contributed by atoms with E-state index in [0.717, 1.165) is 18.5 Å². The zero-order chi connectivity index (χ0) is 9.68. The van der Waals surface area contributed by atoms with E-state index >= 15 is 0 Å². The lowest BCUT2D eigenvalue weighted by Gasteiger charge is -2.18. The van der Waals surface area contributed by atoms with Gasteiger partial charge >= 0.3 is 0 Å². The second kappa shape index (κ2) is 5.04. The predicted octanol–water partition coefficient (Wildman–Crippen LogP) is 1.48. The Morgan fingerprint density at radius 2 is 2.38 bits per heavy atom. The monoisotopic (exact) mass is 183 g/mol. The Bertz CT molecular complexity index is 221. The van der Waals surface area contributed by atoms with Crippen LogP contribution in [0.3, 0.4) is 0 Å². The number of rotatable bonds is 5. The van der Waals surface area contributed by atoms with E-state index < -0.39 is 0 Å². The number of hydrogen-bond donors (Lipinski definition) is 1. The minimum atomic E-state index is -0.225. The zero-order valence-electron chi connectivity index (χ0n) is 8.23. The van der Waals surface area contributed by atoms with Crippen molar-refractivity contribution < 1.29 is 9.52 Å². The van der Waals surface area contributed by atoms with Crippen molar-refractivity contribution in [3.05, 3.63) is 24.2 Å². The molecule has 13 heavy (non-hydrogen) atoms. The van der Waals surface area contributed by atoms with E-state index in [1.54, 1.807) is 12.5 Å². The summed E-state index contributed by atoms with van der Waals surface area (Å²) in [7, 11) is 1.99. The fraction of sp³-hybridized carbons (Fsp3) is 0.600. The number of furan rings is 1. The molecule has 0 aromatic carbocycles. The van der Waals surface area contributed by atoms with Gasteiger partial charge in [0.25, 0.3) is 0 Å². The van der Waals surface area contributed by atoms with E-state index in [0.29, 0.717) is 6.54 Å². The number of likely N-dealkylation sites (N-methyl/N-ethyl adjacent to an activating group) is 1. The van der Waals surface area contributed by atoms with Gasteiger partial charge in [-0.25, -0.2) is 0 Å².